The maximum absolute atomic E-state index is 4.74. The smallest absolute Gasteiger partial charge is 0.110 e. The molecule has 0 spiro atoms. The van der Waals surface area contributed by atoms with E-state index >= 15 is 0 Å². The Morgan fingerprint density at radius 1 is 1.22 bits per heavy atom. The fourth-order valence-corrected chi connectivity index (χ4v) is 2.24. The summed E-state index contributed by atoms with van der Waals surface area (Å²) in [6.07, 6.45) is 3.24. The molecule has 3 nitrogen and oxygen atoms in total. The van der Waals surface area contributed by atoms with Crippen LogP contribution in [0.2, 0.25) is 0 Å². The molecule has 0 fully saturated rings. The Labute approximate surface area is 109 Å². The molecule has 0 aliphatic rings. The highest BCUT2D eigenvalue weighted by molar-refractivity contribution is 5.76. The van der Waals surface area contributed by atoms with Crippen LogP contribution in [0.5, 0.6) is 0 Å². The van der Waals surface area contributed by atoms with Crippen molar-refractivity contribution in [3.8, 4) is 0 Å². The van der Waals surface area contributed by atoms with Crippen molar-refractivity contribution in [2.75, 3.05) is 13.1 Å². The number of benzene rings is 1. The average Bonchev–Trinajstić information content (AvgIpc) is 2.71. The molecule has 0 radical (unpaired) electrons. The molecule has 2 aromatic rings. The van der Waals surface area contributed by atoms with E-state index in [2.05, 4.69) is 49.0 Å². The number of rotatable bonds is 6. The van der Waals surface area contributed by atoms with Gasteiger partial charge in [0.2, 0.25) is 0 Å². The molecule has 0 aliphatic carbocycles. The minimum Gasteiger partial charge on any atom is -0.331 e. The number of aromatic nitrogens is 2. The molecule has 0 saturated carbocycles. The Bertz CT molecular complexity index is 514. The van der Waals surface area contributed by atoms with E-state index in [1.165, 1.54) is 23.3 Å². The lowest BCUT2D eigenvalue weighted by Crippen LogP contribution is -2.19. The van der Waals surface area contributed by atoms with Gasteiger partial charge in [0.25, 0.3) is 0 Å². The Morgan fingerprint density at radius 2 is 2.06 bits per heavy atom. The van der Waals surface area contributed by atoms with Gasteiger partial charge in [-0.2, -0.15) is 0 Å². The molecule has 0 saturated heterocycles. The molecule has 0 amide bonds. The minimum atomic E-state index is 0.993. The molecule has 0 bridgehead atoms. The van der Waals surface area contributed by atoms with E-state index in [9.17, 15) is 0 Å². The summed E-state index contributed by atoms with van der Waals surface area (Å²) in [6.45, 7) is 6.46. The van der Waals surface area contributed by atoms with Crippen LogP contribution in [-0.4, -0.2) is 22.6 Å². The summed E-state index contributed by atoms with van der Waals surface area (Å²) in [6, 6.07) is 6.59. The summed E-state index contributed by atoms with van der Waals surface area (Å²) in [5.41, 5.74) is 3.72. The number of imidazole rings is 1. The van der Waals surface area contributed by atoms with Crippen LogP contribution >= 0.6 is 0 Å². The van der Waals surface area contributed by atoms with Crippen molar-refractivity contribution < 1.29 is 0 Å². The highest BCUT2D eigenvalue weighted by Crippen LogP contribution is 2.17. The van der Waals surface area contributed by atoms with Crippen molar-refractivity contribution in [1.29, 1.82) is 0 Å². The molecule has 0 aliphatic heterocycles. The zero-order valence-corrected chi connectivity index (χ0v) is 11.7. The predicted molar refractivity (Wildman–Crippen MR) is 77.0 cm³/mol. The van der Waals surface area contributed by atoms with Crippen molar-refractivity contribution in [3.63, 3.8) is 0 Å². The Kier molecular flexibility index (Phi) is 4.37. The quantitative estimate of drug-likeness (QED) is 0.793. The van der Waals surface area contributed by atoms with Gasteiger partial charge in [-0.15, -0.1) is 0 Å². The van der Waals surface area contributed by atoms with Crippen LogP contribution in [0.15, 0.2) is 18.2 Å². The predicted octanol–water partition coefficient (Wildman–Crippen LogP) is 2.68. The van der Waals surface area contributed by atoms with Gasteiger partial charge >= 0.3 is 0 Å². The first-order chi connectivity index (χ1) is 8.76. The standard InChI is InChI=1S/C15H23N3/c1-4-9-16-10-8-15-17-13-11-12(5-2)6-7-14(13)18(15)3/h6-7,11,16H,4-5,8-10H2,1-3H3. The lowest BCUT2D eigenvalue weighted by molar-refractivity contribution is 0.648. The van der Waals surface area contributed by atoms with Gasteiger partial charge in [-0.25, -0.2) is 4.98 Å². The van der Waals surface area contributed by atoms with Gasteiger partial charge in [0, 0.05) is 20.0 Å². The molecular weight excluding hydrogens is 222 g/mol. The van der Waals surface area contributed by atoms with Crippen LogP contribution < -0.4 is 5.32 Å². The summed E-state index contributed by atoms with van der Waals surface area (Å²) in [4.78, 5) is 4.74. The number of nitrogens with zero attached hydrogens (tertiary/aromatic N) is 2. The Balaban J connectivity index is 2.16. The van der Waals surface area contributed by atoms with E-state index < -0.39 is 0 Å². The molecule has 98 valence electrons. The fraction of sp³-hybridized carbons (Fsp3) is 0.533. The van der Waals surface area contributed by atoms with Crippen molar-refractivity contribution in [2.24, 2.45) is 7.05 Å². The summed E-state index contributed by atoms with van der Waals surface area (Å²) in [5, 5.41) is 3.42. The van der Waals surface area contributed by atoms with Gasteiger partial charge in [0.1, 0.15) is 5.82 Å². The van der Waals surface area contributed by atoms with Crippen molar-refractivity contribution >= 4 is 11.0 Å². The zero-order chi connectivity index (χ0) is 13.0. The molecule has 1 N–H and O–H groups in total. The third-order valence-electron chi connectivity index (χ3n) is 3.40. The van der Waals surface area contributed by atoms with Gasteiger partial charge in [0.15, 0.2) is 0 Å². The maximum Gasteiger partial charge on any atom is 0.110 e. The van der Waals surface area contributed by atoms with Crippen LogP contribution in [0.25, 0.3) is 11.0 Å². The van der Waals surface area contributed by atoms with Crippen LogP contribution in [0, 0.1) is 0 Å². The van der Waals surface area contributed by atoms with Gasteiger partial charge in [-0.05, 0) is 37.1 Å². The highest BCUT2D eigenvalue weighted by Gasteiger charge is 2.07. The molecule has 1 aromatic carbocycles. The van der Waals surface area contributed by atoms with E-state index in [4.69, 9.17) is 4.98 Å². The number of nitrogens with one attached hydrogen (secondary N) is 1. The fourth-order valence-electron chi connectivity index (χ4n) is 2.24. The van der Waals surface area contributed by atoms with Crippen LogP contribution in [0.3, 0.4) is 0 Å². The summed E-state index contributed by atoms with van der Waals surface area (Å²) in [7, 11) is 2.11. The highest BCUT2D eigenvalue weighted by atomic mass is 15.1. The number of hydrogen-bond donors (Lipinski definition) is 1. The SMILES string of the molecule is CCCNCCc1nc2cc(CC)ccc2n1C. The normalized spacial score (nSPS) is 11.3. The molecule has 2 rings (SSSR count). The van der Waals surface area contributed by atoms with E-state index in [0.29, 0.717) is 0 Å². The third-order valence-corrected chi connectivity index (χ3v) is 3.40. The summed E-state index contributed by atoms with van der Waals surface area (Å²) in [5.74, 6) is 1.17. The minimum absolute atomic E-state index is 0.993. The van der Waals surface area contributed by atoms with Crippen molar-refractivity contribution in [2.45, 2.75) is 33.1 Å². The molecule has 1 heterocycles. The number of aryl methyl sites for hydroxylation is 2. The van der Waals surface area contributed by atoms with Gasteiger partial charge < -0.3 is 9.88 Å². The second-order valence-electron chi connectivity index (χ2n) is 4.76. The molecular formula is C15H23N3. The van der Waals surface area contributed by atoms with Gasteiger partial charge in [-0.1, -0.05) is 19.9 Å². The second-order valence-corrected chi connectivity index (χ2v) is 4.76. The van der Waals surface area contributed by atoms with Crippen LogP contribution in [-0.2, 0) is 19.9 Å². The summed E-state index contributed by atoms with van der Waals surface area (Å²) >= 11 is 0. The average molecular weight is 245 g/mol. The lowest BCUT2D eigenvalue weighted by atomic mass is 10.1. The number of fused-ring (bicyclic) bond motifs is 1. The second kappa shape index (κ2) is 6.01. The zero-order valence-electron chi connectivity index (χ0n) is 11.7. The maximum atomic E-state index is 4.74. The molecule has 3 heteroatoms. The molecule has 1 aromatic heterocycles. The van der Waals surface area contributed by atoms with Gasteiger partial charge in [-0.3, -0.25) is 0 Å². The summed E-state index contributed by atoms with van der Waals surface area (Å²) < 4.78 is 2.21. The van der Waals surface area contributed by atoms with E-state index in [1.807, 2.05) is 0 Å². The van der Waals surface area contributed by atoms with Gasteiger partial charge in [0.05, 0.1) is 11.0 Å². The van der Waals surface area contributed by atoms with E-state index in [-0.39, 0.29) is 0 Å². The Morgan fingerprint density at radius 3 is 2.78 bits per heavy atom. The van der Waals surface area contributed by atoms with Crippen LogP contribution in [0.1, 0.15) is 31.7 Å². The van der Waals surface area contributed by atoms with Crippen molar-refractivity contribution in [3.05, 3.63) is 29.6 Å². The number of hydrogen-bond acceptors (Lipinski definition) is 2. The molecule has 0 atom stereocenters. The van der Waals surface area contributed by atoms with Crippen LogP contribution in [0.4, 0.5) is 0 Å². The van der Waals surface area contributed by atoms with E-state index in [0.717, 1.165) is 31.4 Å². The molecule has 18 heavy (non-hydrogen) atoms. The first kappa shape index (κ1) is 13.1. The third kappa shape index (κ3) is 2.72. The first-order valence-corrected chi connectivity index (χ1v) is 6.91. The first-order valence-electron chi connectivity index (χ1n) is 6.91. The largest absolute Gasteiger partial charge is 0.331 e. The Hall–Kier alpha value is -1.35. The topological polar surface area (TPSA) is 29.9 Å². The van der Waals surface area contributed by atoms with Crippen molar-refractivity contribution in [1.82, 2.24) is 14.9 Å². The van der Waals surface area contributed by atoms with E-state index in [1.54, 1.807) is 0 Å². The molecule has 0 unspecified atom stereocenters. The monoisotopic (exact) mass is 245 g/mol. The lowest BCUT2D eigenvalue weighted by Gasteiger charge is -2.03.